The van der Waals surface area contributed by atoms with Crippen LogP contribution in [0.5, 0.6) is 0 Å². The average molecular weight is 250 g/mol. The standard InChI is InChI=1S/C16H14N2O/c1-12-6-2-3-7-13(12)16(19)15-14(8-9-17-15)18-10-4-5-11-18/h2-11,17H,1H3. The van der Waals surface area contributed by atoms with Crippen molar-refractivity contribution < 1.29 is 4.79 Å². The second-order valence-corrected chi connectivity index (χ2v) is 4.47. The Hall–Kier alpha value is -2.55. The van der Waals surface area contributed by atoms with Crippen LogP contribution in [0.1, 0.15) is 21.6 Å². The molecule has 0 unspecified atom stereocenters. The van der Waals surface area contributed by atoms with Gasteiger partial charge in [-0.1, -0.05) is 24.3 Å². The van der Waals surface area contributed by atoms with Crippen molar-refractivity contribution in [1.29, 1.82) is 0 Å². The summed E-state index contributed by atoms with van der Waals surface area (Å²) < 4.78 is 1.93. The monoisotopic (exact) mass is 250 g/mol. The number of aromatic nitrogens is 2. The van der Waals surface area contributed by atoms with E-state index in [-0.39, 0.29) is 5.78 Å². The molecule has 2 aromatic heterocycles. The third-order valence-corrected chi connectivity index (χ3v) is 3.22. The molecule has 3 aromatic rings. The van der Waals surface area contributed by atoms with Gasteiger partial charge >= 0.3 is 0 Å². The summed E-state index contributed by atoms with van der Waals surface area (Å²) in [6, 6.07) is 13.4. The van der Waals surface area contributed by atoms with E-state index in [2.05, 4.69) is 4.98 Å². The summed E-state index contributed by atoms with van der Waals surface area (Å²) in [5, 5.41) is 0. The molecule has 0 spiro atoms. The Balaban J connectivity index is 2.07. The van der Waals surface area contributed by atoms with Crippen LogP contribution in [-0.2, 0) is 0 Å². The molecule has 3 heteroatoms. The highest BCUT2D eigenvalue weighted by Crippen LogP contribution is 2.19. The highest BCUT2D eigenvalue weighted by atomic mass is 16.1. The van der Waals surface area contributed by atoms with E-state index in [1.807, 2.05) is 66.3 Å². The number of H-pyrrole nitrogens is 1. The molecule has 0 bridgehead atoms. The van der Waals surface area contributed by atoms with Crippen molar-refractivity contribution in [3.63, 3.8) is 0 Å². The second-order valence-electron chi connectivity index (χ2n) is 4.47. The molecule has 2 heterocycles. The maximum atomic E-state index is 12.6. The Morgan fingerprint density at radius 2 is 1.79 bits per heavy atom. The molecule has 1 aromatic carbocycles. The smallest absolute Gasteiger partial charge is 0.211 e. The largest absolute Gasteiger partial charge is 0.357 e. The third-order valence-electron chi connectivity index (χ3n) is 3.22. The van der Waals surface area contributed by atoms with Gasteiger partial charge in [0.1, 0.15) is 5.69 Å². The summed E-state index contributed by atoms with van der Waals surface area (Å²) in [6.07, 6.45) is 5.65. The maximum Gasteiger partial charge on any atom is 0.211 e. The Kier molecular flexibility index (Phi) is 2.80. The molecule has 1 N–H and O–H groups in total. The third kappa shape index (κ3) is 1.99. The van der Waals surface area contributed by atoms with E-state index in [1.54, 1.807) is 6.20 Å². The zero-order chi connectivity index (χ0) is 13.2. The normalized spacial score (nSPS) is 10.6. The zero-order valence-electron chi connectivity index (χ0n) is 10.6. The van der Waals surface area contributed by atoms with Gasteiger partial charge in [-0.3, -0.25) is 4.79 Å². The number of carbonyl (C=O) groups excluding carboxylic acids is 1. The lowest BCUT2D eigenvalue weighted by Gasteiger charge is -2.07. The number of aromatic amines is 1. The molecule has 94 valence electrons. The fraction of sp³-hybridized carbons (Fsp3) is 0.0625. The summed E-state index contributed by atoms with van der Waals surface area (Å²) in [5.41, 5.74) is 3.21. The molecule has 0 saturated carbocycles. The minimum atomic E-state index is 0.0202. The fourth-order valence-corrected chi connectivity index (χ4v) is 2.22. The molecule has 3 rings (SSSR count). The predicted molar refractivity (Wildman–Crippen MR) is 74.7 cm³/mol. The van der Waals surface area contributed by atoms with Crippen molar-refractivity contribution in [1.82, 2.24) is 9.55 Å². The van der Waals surface area contributed by atoms with Crippen LogP contribution in [-0.4, -0.2) is 15.3 Å². The first-order valence-electron chi connectivity index (χ1n) is 6.18. The van der Waals surface area contributed by atoms with E-state index < -0.39 is 0 Å². The maximum absolute atomic E-state index is 12.6. The summed E-state index contributed by atoms with van der Waals surface area (Å²) in [4.78, 5) is 15.6. The van der Waals surface area contributed by atoms with Crippen molar-refractivity contribution in [2.45, 2.75) is 6.92 Å². The minimum absolute atomic E-state index is 0.0202. The van der Waals surface area contributed by atoms with E-state index >= 15 is 0 Å². The first kappa shape index (κ1) is 11.5. The van der Waals surface area contributed by atoms with Crippen LogP contribution in [0.3, 0.4) is 0 Å². The fourth-order valence-electron chi connectivity index (χ4n) is 2.22. The lowest BCUT2D eigenvalue weighted by atomic mass is 10.0. The Morgan fingerprint density at radius 1 is 1.05 bits per heavy atom. The van der Waals surface area contributed by atoms with E-state index in [1.165, 1.54) is 0 Å². The van der Waals surface area contributed by atoms with Crippen LogP contribution >= 0.6 is 0 Å². The molecule has 0 saturated heterocycles. The average Bonchev–Trinajstić information content (AvgIpc) is 3.09. The summed E-state index contributed by atoms with van der Waals surface area (Å²) in [5.74, 6) is 0.0202. The number of aryl methyl sites for hydroxylation is 1. The highest BCUT2D eigenvalue weighted by molar-refractivity contribution is 6.10. The van der Waals surface area contributed by atoms with Gasteiger partial charge in [0.25, 0.3) is 0 Å². The number of nitrogens with one attached hydrogen (secondary N) is 1. The topological polar surface area (TPSA) is 37.8 Å². The number of ketones is 1. The quantitative estimate of drug-likeness (QED) is 0.711. The second kappa shape index (κ2) is 4.61. The van der Waals surface area contributed by atoms with Crippen molar-refractivity contribution in [3.8, 4) is 5.69 Å². The molecule has 19 heavy (non-hydrogen) atoms. The van der Waals surface area contributed by atoms with Crippen molar-refractivity contribution in [3.05, 3.63) is 77.9 Å². The molecular weight excluding hydrogens is 236 g/mol. The number of hydrogen-bond donors (Lipinski definition) is 1. The molecular formula is C16H14N2O. The molecule has 0 radical (unpaired) electrons. The van der Waals surface area contributed by atoms with Gasteiger partial charge in [0.2, 0.25) is 5.78 Å². The Labute approximate surface area is 111 Å². The van der Waals surface area contributed by atoms with Crippen LogP contribution in [0, 0.1) is 6.92 Å². The highest BCUT2D eigenvalue weighted by Gasteiger charge is 2.17. The zero-order valence-corrected chi connectivity index (χ0v) is 10.6. The molecule has 3 nitrogen and oxygen atoms in total. The number of benzene rings is 1. The van der Waals surface area contributed by atoms with Gasteiger partial charge in [-0.15, -0.1) is 0 Å². The molecule has 0 aliphatic carbocycles. The summed E-state index contributed by atoms with van der Waals surface area (Å²) >= 11 is 0. The van der Waals surface area contributed by atoms with Crippen LogP contribution in [0.25, 0.3) is 5.69 Å². The van der Waals surface area contributed by atoms with Crippen molar-refractivity contribution in [2.75, 3.05) is 0 Å². The predicted octanol–water partition coefficient (Wildman–Crippen LogP) is 3.34. The van der Waals surface area contributed by atoms with E-state index in [4.69, 9.17) is 0 Å². The molecule has 0 fully saturated rings. The number of nitrogens with zero attached hydrogens (tertiary/aromatic N) is 1. The van der Waals surface area contributed by atoms with Gasteiger partial charge in [0, 0.05) is 24.2 Å². The van der Waals surface area contributed by atoms with Gasteiger partial charge in [0.15, 0.2) is 0 Å². The van der Waals surface area contributed by atoms with Crippen LogP contribution < -0.4 is 0 Å². The first-order valence-corrected chi connectivity index (χ1v) is 6.18. The summed E-state index contributed by atoms with van der Waals surface area (Å²) in [6.45, 7) is 1.95. The molecule has 0 amide bonds. The van der Waals surface area contributed by atoms with Gasteiger partial charge in [0.05, 0.1) is 5.69 Å². The number of hydrogen-bond acceptors (Lipinski definition) is 1. The first-order chi connectivity index (χ1) is 9.27. The Morgan fingerprint density at radius 3 is 2.53 bits per heavy atom. The SMILES string of the molecule is Cc1ccccc1C(=O)c1[nH]ccc1-n1cccc1. The van der Waals surface area contributed by atoms with Gasteiger partial charge < -0.3 is 9.55 Å². The minimum Gasteiger partial charge on any atom is -0.357 e. The van der Waals surface area contributed by atoms with Gasteiger partial charge in [-0.05, 0) is 30.7 Å². The Bertz CT molecular complexity index is 708. The van der Waals surface area contributed by atoms with Crippen LogP contribution in [0.2, 0.25) is 0 Å². The molecule has 0 aliphatic rings. The van der Waals surface area contributed by atoms with Crippen LogP contribution in [0.15, 0.2) is 61.1 Å². The van der Waals surface area contributed by atoms with E-state index in [0.29, 0.717) is 5.69 Å². The van der Waals surface area contributed by atoms with Crippen LogP contribution in [0.4, 0.5) is 0 Å². The van der Waals surface area contributed by atoms with E-state index in [0.717, 1.165) is 16.8 Å². The van der Waals surface area contributed by atoms with Gasteiger partial charge in [-0.2, -0.15) is 0 Å². The lowest BCUT2D eigenvalue weighted by Crippen LogP contribution is -2.07. The molecule has 0 atom stereocenters. The summed E-state index contributed by atoms with van der Waals surface area (Å²) in [7, 11) is 0. The van der Waals surface area contributed by atoms with Crippen molar-refractivity contribution >= 4 is 5.78 Å². The number of carbonyl (C=O) groups is 1. The van der Waals surface area contributed by atoms with Crippen molar-refractivity contribution in [2.24, 2.45) is 0 Å². The lowest BCUT2D eigenvalue weighted by molar-refractivity contribution is 0.103. The number of rotatable bonds is 3. The molecule has 0 aliphatic heterocycles. The van der Waals surface area contributed by atoms with E-state index in [9.17, 15) is 4.79 Å². The van der Waals surface area contributed by atoms with Gasteiger partial charge in [-0.25, -0.2) is 0 Å².